The fourth-order valence-electron chi connectivity index (χ4n) is 3.39. The molecule has 8 heteroatoms. The SMILES string of the molecule is COc1cc(OC)c2cc(CCCNC(=O)N3CCC(C(=O)O)C3)[nH]c2c1. The quantitative estimate of drug-likeness (QED) is 0.644. The summed E-state index contributed by atoms with van der Waals surface area (Å²) in [5.74, 6) is 0.192. The third-order valence-electron chi connectivity index (χ3n) is 4.91. The van der Waals surface area contributed by atoms with E-state index in [-0.39, 0.29) is 12.6 Å². The lowest BCUT2D eigenvalue weighted by atomic mass is 10.1. The van der Waals surface area contributed by atoms with E-state index in [9.17, 15) is 9.59 Å². The molecule has 2 amide bonds. The second kappa shape index (κ2) is 8.20. The number of H-pyrrole nitrogens is 1. The number of carboxylic acid groups (broad SMARTS) is 1. The molecule has 1 unspecified atom stereocenters. The number of aromatic nitrogens is 1. The van der Waals surface area contributed by atoms with Gasteiger partial charge in [0.05, 0.1) is 25.7 Å². The number of rotatable bonds is 7. The van der Waals surface area contributed by atoms with Crippen LogP contribution in [0.1, 0.15) is 18.5 Å². The van der Waals surface area contributed by atoms with Crippen LogP contribution in [-0.4, -0.2) is 60.8 Å². The first-order valence-electron chi connectivity index (χ1n) is 9.01. The van der Waals surface area contributed by atoms with Crippen LogP contribution in [-0.2, 0) is 11.2 Å². The summed E-state index contributed by atoms with van der Waals surface area (Å²) in [4.78, 5) is 28.0. The highest BCUT2D eigenvalue weighted by molar-refractivity contribution is 5.88. The van der Waals surface area contributed by atoms with E-state index in [1.54, 1.807) is 19.1 Å². The van der Waals surface area contributed by atoms with Crippen molar-refractivity contribution in [2.75, 3.05) is 33.9 Å². The van der Waals surface area contributed by atoms with Gasteiger partial charge >= 0.3 is 12.0 Å². The van der Waals surface area contributed by atoms with E-state index in [1.165, 1.54) is 0 Å². The van der Waals surface area contributed by atoms with Crippen LogP contribution < -0.4 is 14.8 Å². The molecule has 1 aromatic heterocycles. The molecule has 0 radical (unpaired) electrons. The Kier molecular flexibility index (Phi) is 5.73. The van der Waals surface area contributed by atoms with E-state index >= 15 is 0 Å². The number of likely N-dealkylation sites (tertiary alicyclic amines) is 1. The van der Waals surface area contributed by atoms with Crippen molar-refractivity contribution >= 4 is 22.9 Å². The molecule has 146 valence electrons. The summed E-state index contributed by atoms with van der Waals surface area (Å²) in [5.41, 5.74) is 2.00. The molecule has 27 heavy (non-hydrogen) atoms. The van der Waals surface area contributed by atoms with Gasteiger partial charge in [0.25, 0.3) is 0 Å². The molecule has 3 N–H and O–H groups in total. The van der Waals surface area contributed by atoms with Crippen LogP contribution in [0, 0.1) is 5.92 Å². The van der Waals surface area contributed by atoms with Gasteiger partial charge in [-0.15, -0.1) is 0 Å². The van der Waals surface area contributed by atoms with E-state index in [2.05, 4.69) is 10.3 Å². The average molecular weight is 375 g/mol. The molecule has 3 rings (SSSR count). The maximum Gasteiger partial charge on any atom is 0.317 e. The van der Waals surface area contributed by atoms with Crippen LogP contribution in [0.3, 0.4) is 0 Å². The molecule has 1 atom stereocenters. The molecule has 1 saturated heterocycles. The van der Waals surface area contributed by atoms with Gasteiger partial charge in [0.15, 0.2) is 0 Å². The van der Waals surface area contributed by atoms with E-state index in [0.29, 0.717) is 19.5 Å². The molecule has 0 bridgehead atoms. The molecule has 1 aliphatic heterocycles. The van der Waals surface area contributed by atoms with E-state index in [0.717, 1.165) is 40.9 Å². The number of carbonyl (C=O) groups is 2. The Morgan fingerprint density at radius 3 is 2.78 bits per heavy atom. The summed E-state index contributed by atoms with van der Waals surface area (Å²) in [7, 11) is 3.25. The highest BCUT2D eigenvalue weighted by Gasteiger charge is 2.30. The second-order valence-electron chi connectivity index (χ2n) is 6.69. The minimum Gasteiger partial charge on any atom is -0.497 e. The molecule has 8 nitrogen and oxygen atoms in total. The van der Waals surface area contributed by atoms with Gasteiger partial charge in [-0.2, -0.15) is 0 Å². The van der Waals surface area contributed by atoms with Gasteiger partial charge in [-0.25, -0.2) is 4.79 Å². The van der Waals surface area contributed by atoms with E-state index in [1.807, 2.05) is 18.2 Å². The van der Waals surface area contributed by atoms with Crippen molar-refractivity contribution in [3.8, 4) is 11.5 Å². The summed E-state index contributed by atoms with van der Waals surface area (Å²) in [6, 6.07) is 5.63. The number of hydrogen-bond donors (Lipinski definition) is 3. The van der Waals surface area contributed by atoms with Crippen LogP contribution in [0.4, 0.5) is 4.79 Å². The number of carboxylic acids is 1. The number of nitrogens with zero attached hydrogens (tertiary/aromatic N) is 1. The lowest BCUT2D eigenvalue weighted by Crippen LogP contribution is -2.39. The largest absolute Gasteiger partial charge is 0.497 e. The molecule has 0 spiro atoms. The van der Waals surface area contributed by atoms with Crippen LogP contribution >= 0.6 is 0 Å². The predicted molar refractivity (Wildman–Crippen MR) is 100 cm³/mol. The Labute approximate surface area is 157 Å². The molecule has 1 aliphatic rings. The Morgan fingerprint density at radius 2 is 2.11 bits per heavy atom. The number of benzene rings is 1. The number of amides is 2. The third-order valence-corrected chi connectivity index (χ3v) is 4.91. The van der Waals surface area contributed by atoms with E-state index in [4.69, 9.17) is 14.6 Å². The topological polar surface area (TPSA) is 104 Å². The summed E-state index contributed by atoms with van der Waals surface area (Å²) in [6.07, 6.45) is 2.06. The van der Waals surface area contributed by atoms with Crippen LogP contribution in [0.5, 0.6) is 11.5 Å². The molecule has 0 saturated carbocycles. The first-order valence-corrected chi connectivity index (χ1v) is 9.01. The number of fused-ring (bicyclic) bond motifs is 1. The minimum absolute atomic E-state index is 0.193. The Balaban J connectivity index is 1.51. The molecular formula is C19H25N3O5. The molecular weight excluding hydrogens is 350 g/mol. The van der Waals surface area contributed by atoms with Gasteiger partial charge in [0.2, 0.25) is 0 Å². The van der Waals surface area contributed by atoms with Crippen molar-refractivity contribution in [2.24, 2.45) is 5.92 Å². The van der Waals surface area contributed by atoms with Crippen molar-refractivity contribution in [2.45, 2.75) is 19.3 Å². The number of urea groups is 1. The highest BCUT2D eigenvalue weighted by Crippen LogP contribution is 2.31. The van der Waals surface area contributed by atoms with Gasteiger partial charge in [-0.05, 0) is 25.3 Å². The zero-order valence-electron chi connectivity index (χ0n) is 15.6. The number of carbonyl (C=O) groups excluding carboxylic acids is 1. The normalized spacial score (nSPS) is 16.5. The molecule has 0 aliphatic carbocycles. The van der Waals surface area contributed by atoms with Crippen molar-refractivity contribution < 1.29 is 24.2 Å². The first-order chi connectivity index (χ1) is 13.0. The van der Waals surface area contributed by atoms with Crippen molar-refractivity contribution in [3.63, 3.8) is 0 Å². The zero-order valence-corrected chi connectivity index (χ0v) is 15.6. The van der Waals surface area contributed by atoms with Crippen molar-refractivity contribution in [3.05, 3.63) is 23.9 Å². The maximum absolute atomic E-state index is 12.1. The Hall–Kier alpha value is -2.90. The molecule has 1 aromatic carbocycles. The average Bonchev–Trinajstić information content (AvgIpc) is 3.31. The smallest absolute Gasteiger partial charge is 0.317 e. The summed E-state index contributed by atoms with van der Waals surface area (Å²) < 4.78 is 10.7. The van der Waals surface area contributed by atoms with Crippen LogP contribution in [0.15, 0.2) is 18.2 Å². The third kappa shape index (κ3) is 4.27. The number of aromatic amines is 1. The first kappa shape index (κ1) is 18.9. The van der Waals surface area contributed by atoms with Crippen molar-refractivity contribution in [1.82, 2.24) is 15.2 Å². The van der Waals surface area contributed by atoms with Gasteiger partial charge < -0.3 is 29.8 Å². The Bertz CT molecular complexity index is 832. The fraction of sp³-hybridized carbons (Fsp3) is 0.474. The lowest BCUT2D eigenvalue weighted by Gasteiger charge is -2.16. The molecule has 2 heterocycles. The zero-order chi connectivity index (χ0) is 19.4. The van der Waals surface area contributed by atoms with Crippen LogP contribution in [0.2, 0.25) is 0 Å². The fourth-order valence-corrected chi connectivity index (χ4v) is 3.39. The maximum atomic E-state index is 12.1. The van der Waals surface area contributed by atoms with Gasteiger partial charge in [0.1, 0.15) is 11.5 Å². The number of methoxy groups -OCH3 is 2. The summed E-state index contributed by atoms with van der Waals surface area (Å²) >= 11 is 0. The molecule has 2 aromatic rings. The number of hydrogen-bond acceptors (Lipinski definition) is 4. The van der Waals surface area contributed by atoms with Gasteiger partial charge in [-0.1, -0.05) is 0 Å². The monoisotopic (exact) mass is 375 g/mol. The number of aryl methyl sites for hydroxylation is 1. The van der Waals surface area contributed by atoms with E-state index < -0.39 is 11.9 Å². The summed E-state index contributed by atoms with van der Waals surface area (Å²) in [6.45, 7) is 1.31. The lowest BCUT2D eigenvalue weighted by molar-refractivity contribution is -0.141. The standard InChI is InChI=1S/C19H25N3O5/c1-26-14-9-16-15(17(10-14)27-2)8-13(21-16)4-3-6-20-19(25)22-7-5-12(11-22)18(23)24/h8-10,12,21H,3-7,11H2,1-2H3,(H,20,25)(H,23,24). The highest BCUT2D eigenvalue weighted by atomic mass is 16.5. The Morgan fingerprint density at radius 1 is 1.30 bits per heavy atom. The van der Waals surface area contributed by atoms with Gasteiger partial charge in [-0.3, -0.25) is 4.79 Å². The predicted octanol–water partition coefficient (Wildman–Crippen LogP) is 2.23. The summed E-state index contributed by atoms with van der Waals surface area (Å²) in [5, 5.41) is 12.9. The number of ether oxygens (including phenoxy) is 2. The van der Waals surface area contributed by atoms with Crippen molar-refractivity contribution in [1.29, 1.82) is 0 Å². The minimum atomic E-state index is -0.837. The van der Waals surface area contributed by atoms with Crippen LogP contribution in [0.25, 0.3) is 10.9 Å². The van der Waals surface area contributed by atoms with Gasteiger partial charge in [0, 0.05) is 42.8 Å². The molecule has 1 fully saturated rings. The number of nitrogens with one attached hydrogen (secondary N) is 2. The second-order valence-corrected chi connectivity index (χ2v) is 6.69. The number of aliphatic carboxylic acids is 1.